The molecule has 19 heavy (non-hydrogen) atoms. The van der Waals surface area contributed by atoms with E-state index in [9.17, 15) is 0 Å². The normalized spacial score (nSPS) is 10.6. The van der Waals surface area contributed by atoms with E-state index in [-0.39, 0.29) is 6.61 Å². The van der Waals surface area contributed by atoms with Crippen LogP contribution in [-0.4, -0.2) is 42.3 Å². The Labute approximate surface area is 113 Å². The first-order chi connectivity index (χ1) is 8.79. The van der Waals surface area contributed by atoms with Gasteiger partial charge in [-0.15, -0.1) is 0 Å². The molecule has 1 aromatic rings. The SMILES string of the molecule is CCN(NCCO)c1ccccc1C.O=S(=O)(O)O. The number of aliphatic hydroxyl groups excluding tert-OH is 1. The molecule has 0 aliphatic carbocycles. The predicted molar refractivity (Wildman–Crippen MR) is 73.5 cm³/mol. The van der Waals surface area contributed by atoms with E-state index in [1.807, 2.05) is 17.1 Å². The van der Waals surface area contributed by atoms with E-state index in [4.69, 9.17) is 22.6 Å². The second-order valence-corrected chi connectivity index (χ2v) is 4.51. The lowest BCUT2D eigenvalue weighted by Crippen LogP contribution is -2.40. The molecule has 0 heterocycles. The van der Waals surface area contributed by atoms with E-state index >= 15 is 0 Å². The summed E-state index contributed by atoms with van der Waals surface area (Å²) in [5, 5.41) is 10.8. The van der Waals surface area contributed by atoms with Crippen molar-refractivity contribution in [2.75, 3.05) is 24.7 Å². The highest BCUT2D eigenvalue weighted by Gasteiger charge is 2.04. The van der Waals surface area contributed by atoms with Crippen molar-refractivity contribution in [3.05, 3.63) is 29.8 Å². The third kappa shape index (κ3) is 9.40. The standard InChI is InChI=1S/C11H18N2O.H2O4S/c1-3-13(12-8-9-14)11-7-5-4-6-10(11)2;1-5(2,3)4/h4-7,12,14H,3,8-9H2,1-2H3;(H2,1,2,3,4). The summed E-state index contributed by atoms with van der Waals surface area (Å²) in [7, 11) is -4.67. The lowest BCUT2D eigenvalue weighted by molar-refractivity contribution is 0.290. The molecule has 1 aromatic carbocycles. The number of nitrogens with zero attached hydrogens (tertiary/aromatic N) is 1. The molecule has 0 aliphatic rings. The fraction of sp³-hybridized carbons (Fsp3) is 0.455. The molecule has 110 valence electrons. The first-order valence-corrected chi connectivity index (χ1v) is 7.06. The number of benzene rings is 1. The Morgan fingerprint density at radius 3 is 2.21 bits per heavy atom. The minimum atomic E-state index is -4.67. The van der Waals surface area contributed by atoms with Gasteiger partial charge in [0.25, 0.3) is 0 Å². The zero-order valence-electron chi connectivity index (χ0n) is 10.9. The molecule has 0 unspecified atom stereocenters. The molecule has 0 amide bonds. The molecule has 0 fully saturated rings. The van der Waals surface area contributed by atoms with E-state index in [0.717, 1.165) is 6.54 Å². The van der Waals surface area contributed by atoms with Gasteiger partial charge in [0.1, 0.15) is 0 Å². The quantitative estimate of drug-likeness (QED) is 0.466. The van der Waals surface area contributed by atoms with E-state index in [0.29, 0.717) is 6.54 Å². The summed E-state index contributed by atoms with van der Waals surface area (Å²) in [6.45, 7) is 5.78. The van der Waals surface area contributed by atoms with E-state index in [2.05, 4.69) is 31.4 Å². The van der Waals surface area contributed by atoms with Crippen LogP contribution in [0.4, 0.5) is 5.69 Å². The van der Waals surface area contributed by atoms with Crippen LogP contribution >= 0.6 is 0 Å². The maximum Gasteiger partial charge on any atom is 0.394 e. The average Bonchev–Trinajstić information content (AvgIpc) is 2.30. The van der Waals surface area contributed by atoms with Crippen molar-refractivity contribution in [2.24, 2.45) is 0 Å². The van der Waals surface area contributed by atoms with Gasteiger partial charge in [-0.05, 0) is 25.5 Å². The minimum absolute atomic E-state index is 0.155. The van der Waals surface area contributed by atoms with Crippen molar-refractivity contribution in [1.29, 1.82) is 0 Å². The van der Waals surface area contributed by atoms with Crippen LogP contribution in [0.25, 0.3) is 0 Å². The molecule has 1 rings (SSSR count). The minimum Gasteiger partial charge on any atom is -0.395 e. The lowest BCUT2D eigenvalue weighted by atomic mass is 10.2. The maximum atomic E-state index is 8.74. The van der Waals surface area contributed by atoms with Crippen LogP contribution in [0.1, 0.15) is 12.5 Å². The van der Waals surface area contributed by atoms with Gasteiger partial charge in [-0.2, -0.15) is 8.42 Å². The van der Waals surface area contributed by atoms with Crippen LogP contribution in [0, 0.1) is 6.92 Å². The highest BCUT2D eigenvalue weighted by Crippen LogP contribution is 2.16. The summed E-state index contributed by atoms with van der Waals surface area (Å²) in [5.41, 5.74) is 5.57. The van der Waals surface area contributed by atoms with Gasteiger partial charge in [-0.1, -0.05) is 18.2 Å². The number of hydrogen-bond donors (Lipinski definition) is 4. The summed E-state index contributed by atoms with van der Waals surface area (Å²) in [5.74, 6) is 0. The smallest absolute Gasteiger partial charge is 0.394 e. The number of para-hydroxylation sites is 1. The van der Waals surface area contributed by atoms with Crippen molar-refractivity contribution in [2.45, 2.75) is 13.8 Å². The van der Waals surface area contributed by atoms with Gasteiger partial charge in [0.15, 0.2) is 0 Å². The molecule has 0 radical (unpaired) electrons. The largest absolute Gasteiger partial charge is 0.395 e. The predicted octanol–water partition coefficient (Wildman–Crippen LogP) is 0.665. The van der Waals surface area contributed by atoms with E-state index in [1.165, 1.54) is 11.3 Å². The maximum absolute atomic E-state index is 8.74. The van der Waals surface area contributed by atoms with Gasteiger partial charge in [0.2, 0.25) is 0 Å². The summed E-state index contributed by atoms with van der Waals surface area (Å²) < 4.78 is 31.6. The van der Waals surface area contributed by atoms with Crippen LogP contribution < -0.4 is 10.4 Å². The van der Waals surface area contributed by atoms with Crippen molar-refractivity contribution < 1.29 is 22.6 Å². The molecule has 0 spiro atoms. The average molecular weight is 292 g/mol. The second-order valence-electron chi connectivity index (χ2n) is 3.61. The Hall–Kier alpha value is -1.19. The Morgan fingerprint density at radius 1 is 1.26 bits per heavy atom. The van der Waals surface area contributed by atoms with E-state index in [1.54, 1.807) is 0 Å². The monoisotopic (exact) mass is 292 g/mol. The first-order valence-electron chi connectivity index (χ1n) is 5.67. The van der Waals surface area contributed by atoms with Crippen molar-refractivity contribution in [1.82, 2.24) is 5.43 Å². The van der Waals surface area contributed by atoms with Crippen molar-refractivity contribution >= 4 is 16.1 Å². The first kappa shape index (κ1) is 17.8. The Kier molecular flexibility index (Phi) is 8.28. The van der Waals surface area contributed by atoms with Crippen LogP contribution in [0.15, 0.2) is 24.3 Å². The number of aryl methyl sites for hydroxylation is 1. The molecular formula is C11H20N2O5S. The number of hydrogen-bond acceptors (Lipinski definition) is 5. The Balaban J connectivity index is 0.000000555. The van der Waals surface area contributed by atoms with Crippen molar-refractivity contribution in [3.8, 4) is 0 Å². The number of anilines is 1. The summed E-state index contributed by atoms with van der Waals surface area (Å²) in [6, 6.07) is 8.20. The molecule has 7 nitrogen and oxygen atoms in total. The summed E-state index contributed by atoms with van der Waals surface area (Å²) in [6.07, 6.45) is 0. The second kappa shape index (κ2) is 8.83. The van der Waals surface area contributed by atoms with Gasteiger partial charge in [-0.25, -0.2) is 5.43 Å². The van der Waals surface area contributed by atoms with E-state index < -0.39 is 10.4 Å². The van der Waals surface area contributed by atoms with Gasteiger partial charge < -0.3 is 10.1 Å². The summed E-state index contributed by atoms with van der Waals surface area (Å²) in [4.78, 5) is 0. The van der Waals surface area contributed by atoms with Gasteiger partial charge in [-0.3, -0.25) is 9.11 Å². The molecular weight excluding hydrogens is 272 g/mol. The molecule has 0 saturated carbocycles. The van der Waals surface area contributed by atoms with Crippen LogP contribution in [0.2, 0.25) is 0 Å². The molecule has 0 saturated heterocycles. The lowest BCUT2D eigenvalue weighted by Gasteiger charge is -2.25. The van der Waals surface area contributed by atoms with Gasteiger partial charge in [0, 0.05) is 13.1 Å². The third-order valence-corrected chi connectivity index (χ3v) is 2.14. The number of aliphatic hydroxyl groups is 1. The van der Waals surface area contributed by atoms with Gasteiger partial charge >= 0.3 is 10.4 Å². The third-order valence-electron chi connectivity index (χ3n) is 2.14. The molecule has 0 aliphatic heterocycles. The fourth-order valence-electron chi connectivity index (χ4n) is 1.42. The molecule has 4 N–H and O–H groups in total. The van der Waals surface area contributed by atoms with Crippen LogP contribution in [0.5, 0.6) is 0 Å². The Bertz CT molecular complexity index is 456. The Morgan fingerprint density at radius 2 is 1.79 bits per heavy atom. The van der Waals surface area contributed by atoms with Crippen LogP contribution in [-0.2, 0) is 10.4 Å². The summed E-state index contributed by atoms with van der Waals surface area (Å²) >= 11 is 0. The zero-order valence-corrected chi connectivity index (χ0v) is 11.8. The highest BCUT2D eigenvalue weighted by atomic mass is 32.3. The molecule has 0 bridgehead atoms. The number of nitrogens with one attached hydrogen (secondary N) is 1. The zero-order chi connectivity index (χ0) is 14.9. The number of rotatable bonds is 5. The number of hydrazine groups is 1. The van der Waals surface area contributed by atoms with Crippen LogP contribution in [0.3, 0.4) is 0 Å². The molecule has 8 heteroatoms. The topological polar surface area (TPSA) is 110 Å². The highest BCUT2D eigenvalue weighted by molar-refractivity contribution is 7.79. The van der Waals surface area contributed by atoms with Gasteiger partial charge in [0.05, 0.1) is 12.3 Å². The fourth-order valence-corrected chi connectivity index (χ4v) is 1.42. The van der Waals surface area contributed by atoms with Crippen molar-refractivity contribution in [3.63, 3.8) is 0 Å². The molecule has 0 atom stereocenters. The molecule has 0 aromatic heterocycles.